The summed E-state index contributed by atoms with van der Waals surface area (Å²) in [5.41, 5.74) is 4.12. The first-order chi connectivity index (χ1) is 8.74. The van der Waals surface area contributed by atoms with Crippen molar-refractivity contribution in [2.45, 2.75) is 19.9 Å². The fraction of sp³-hybridized carbons (Fsp3) is 0.286. The average Bonchev–Trinajstić information content (AvgIpc) is 2.38. The fourth-order valence-electron chi connectivity index (χ4n) is 2.31. The minimum atomic E-state index is -0.225. The first kappa shape index (κ1) is 11.3. The van der Waals surface area contributed by atoms with Crippen LogP contribution in [-0.2, 0) is 13.0 Å². The zero-order chi connectivity index (χ0) is 12.5. The molecule has 18 heavy (non-hydrogen) atoms. The number of halogens is 1. The third-order valence-corrected chi connectivity index (χ3v) is 3.16. The molecule has 2 heterocycles. The van der Waals surface area contributed by atoms with Crippen molar-refractivity contribution in [3.8, 4) is 11.3 Å². The van der Waals surface area contributed by atoms with E-state index in [9.17, 15) is 4.39 Å². The zero-order valence-corrected chi connectivity index (χ0v) is 10.2. The topological polar surface area (TPSA) is 37.8 Å². The zero-order valence-electron chi connectivity index (χ0n) is 10.2. The number of aromatic nitrogens is 2. The number of hydrogen-bond donors (Lipinski definition) is 1. The molecule has 1 N–H and O–H groups in total. The van der Waals surface area contributed by atoms with Gasteiger partial charge in [-0.2, -0.15) is 0 Å². The van der Waals surface area contributed by atoms with Crippen LogP contribution in [0.4, 0.5) is 4.39 Å². The molecule has 0 unspecified atom stereocenters. The quantitative estimate of drug-likeness (QED) is 0.834. The minimum Gasteiger partial charge on any atom is -0.312 e. The Hall–Kier alpha value is -1.81. The van der Waals surface area contributed by atoms with Crippen LogP contribution < -0.4 is 5.32 Å². The summed E-state index contributed by atoms with van der Waals surface area (Å²) in [6.07, 6.45) is 0.924. The molecule has 3 nitrogen and oxygen atoms in total. The van der Waals surface area contributed by atoms with E-state index in [-0.39, 0.29) is 5.82 Å². The third-order valence-electron chi connectivity index (χ3n) is 3.16. The van der Waals surface area contributed by atoms with Crippen molar-refractivity contribution < 1.29 is 4.39 Å². The Bertz CT molecular complexity index is 578. The molecule has 1 aliphatic heterocycles. The maximum atomic E-state index is 13.0. The van der Waals surface area contributed by atoms with E-state index < -0.39 is 0 Å². The Balaban J connectivity index is 2.16. The van der Waals surface area contributed by atoms with Crippen LogP contribution in [-0.4, -0.2) is 16.5 Å². The lowest BCUT2D eigenvalue weighted by Crippen LogP contribution is -2.26. The van der Waals surface area contributed by atoms with Gasteiger partial charge in [0.1, 0.15) is 11.6 Å². The van der Waals surface area contributed by atoms with Gasteiger partial charge in [-0.25, -0.2) is 14.4 Å². The van der Waals surface area contributed by atoms with Crippen LogP contribution in [0.5, 0.6) is 0 Å². The average molecular weight is 243 g/mol. The fourth-order valence-corrected chi connectivity index (χ4v) is 2.31. The van der Waals surface area contributed by atoms with Crippen molar-refractivity contribution in [1.29, 1.82) is 0 Å². The largest absolute Gasteiger partial charge is 0.312 e. The summed E-state index contributed by atoms with van der Waals surface area (Å²) in [5.74, 6) is 0.548. The highest BCUT2D eigenvalue weighted by Crippen LogP contribution is 2.25. The maximum absolute atomic E-state index is 13.0. The number of rotatable bonds is 1. The van der Waals surface area contributed by atoms with Crippen LogP contribution in [0.2, 0.25) is 0 Å². The van der Waals surface area contributed by atoms with Crippen molar-refractivity contribution in [1.82, 2.24) is 15.3 Å². The van der Waals surface area contributed by atoms with E-state index in [4.69, 9.17) is 0 Å². The Morgan fingerprint density at radius 1 is 1.17 bits per heavy atom. The molecule has 0 aliphatic carbocycles. The number of nitrogens with one attached hydrogen (secondary N) is 1. The van der Waals surface area contributed by atoms with E-state index >= 15 is 0 Å². The van der Waals surface area contributed by atoms with E-state index in [1.165, 1.54) is 12.1 Å². The Kier molecular flexibility index (Phi) is 2.80. The first-order valence-electron chi connectivity index (χ1n) is 6.07. The van der Waals surface area contributed by atoms with Gasteiger partial charge in [0.2, 0.25) is 0 Å². The summed E-state index contributed by atoms with van der Waals surface area (Å²) >= 11 is 0. The van der Waals surface area contributed by atoms with Gasteiger partial charge in [-0.3, -0.25) is 0 Å². The molecule has 1 aliphatic rings. The normalized spacial score (nSPS) is 14.3. The van der Waals surface area contributed by atoms with Crippen molar-refractivity contribution >= 4 is 0 Å². The van der Waals surface area contributed by atoms with Crippen molar-refractivity contribution in [2.24, 2.45) is 0 Å². The summed E-state index contributed by atoms with van der Waals surface area (Å²) in [6.45, 7) is 3.63. The molecule has 0 bridgehead atoms. The third kappa shape index (κ3) is 1.99. The molecule has 0 spiro atoms. The van der Waals surface area contributed by atoms with Gasteiger partial charge in [0.15, 0.2) is 0 Å². The van der Waals surface area contributed by atoms with Gasteiger partial charge in [-0.1, -0.05) is 0 Å². The van der Waals surface area contributed by atoms with Crippen LogP contribution >= 0.6 is 0 Å². The highest BCUT2D eigenvalue weighted by molar-refractivity contribution is 5.64. The Morgan fingerprint density at radius 2 is 1.94 bits per heavy atom. The molecule has 3 rings (SSSR count). The molecule has 4 heteroatoms. The molecule has 1 aromatic carbocycles. The van der Waals surface area contributed by atoms with Crippen LogP contribution in [0.1, 0.15) is 17.1 Å². The molecular weight excluding hydrogens is 229 g/mol. The maximum Gasteiger partial charge on any atom is 0.126 e. The predicted molar refractivity (Wildman–Crippen MR) is 67.6 cm³/mol. The minimum absolute atomic E-state index is 0.225. The monoisotopic (exact) mass is 243 g/mol. The Morgan fingerprint density at radius 3 is 2.72 bits per heavy atom. The van der Waals surface area contributed by atoms with Gasteiger partial charge in [0.05, 0.1) is 11.4 Å². The summed E-state index contributed by atoms with van der Waals surface area (Å²) in [7, 11) is 0. The summed E-state index contributed by atoms with van der Waals surface area (Å²) in [4.78, 5) is 9.01. The highest BCUT2D eigenvalue weighted by Gasteiger charge is 2.17. The molecule has 92 valence electrons. The standard InChI is InChI=1S/C14H14FN3/c1-9-17-13-6-7-16-8-12(13)14(18-9)10-2-4-11(15)5-3-10/h2-5,16H,6-8H2,1H3. The van der Waals surface area contributed by atoms with E-state index in [0.717, 1.165) is 47.8 Å². The second-order valence-electron chi connectivity index (χ2n) is 4.48. The van der Waals surface area contributed by atoms with Crippen molar-refractivity contribution in [3.05, 3.63) is 47.2 Å². The van der Waals surface area contributed by atoms with Gasteiger partial charge < -0.3 is 5.32 Å². The molecule has 2 aromatic rings. The van der Waals surface area contributed by atoms with Crippen LogP contribution in [0.3, 0.4) is 0 Å². The van der Waals surface area contributed by atoms with Crippen molar-refractivity contribution in [3.63, 3.8) is 0 Å². The molecule has 1 aromatic heterocycles. The molecule has 0 radical (unpaired) electrons. The number of aryl methyl sites for hydroxylation is 1. The summed E-state index contributed by atoms with van der Waals surface area (Å²) in [6, 6.07) is 6.48. The van der Waals surface area contributed by atoms with Gasteiger partial charge in [-0.05, 0) is 31.2 Å². The summed E-state index contributed by atoms with van der Waals surface area (Å²) in [5, 5.41) is 3.33. The van der Waals surface area contributed by atoms with Crippen LogP contribution in [0, 0.1) is 12.7 Å². The molecule has 0 fully saturated rings. The van der Waals surface area contributed by atoms with Crippen molar-refractivity contribution in [2.75, 3.05) is 6.54 Å². The van der Waals surface area contributed by atoms with Gasteiger partial charge >= 0.3 is 0 Å². The van der Waals surface area contributed by atoms with E-state index in [1.807, 2.05) is 6.92 Å². The molecule has 0 saturated carbocycles. The number of nitrogens with zero attached hydrogens (tertiary/aromatic N) is 2. The molecule has 0 atom stereocenters. The second-order valence-corrected chi connectivity index (χ2v) is 4.48. The van der Waals surface area contributed by atoms with E-state index in [0.29, 0.717) is 0 Å². The van der Waals surface area contributed by atoms with Crippen LogP contribution in [0.25, 0.3) is 11.3 Å². The Labute approximate surface area is 105 Å². The van der Waals surface area contributed by atoms with Crippen LogP contribution in [0.15, 0.2) is 24.3 Å². The SMILES string of the molecule is Cc1nc2c(c(-c3ccc(F)cc3)n1)CNCC2. The number of fused-ring (bicyclic) bond motifs is 1. The van der Waals surface area contributed by atoms with Gasteiger partial charge in [0, 0.05) is 30.6 Å². The lowest BCUT2D eigenvalue weighted by molar-refractivity contribution is 0.623. The molecule has 0 saturated heterocycles. The van der Waals surface area contributed by atoms with E-state index in [2.05, 4.69) is 15.3 Å². The number of hydrogen-bond acceptors (Lipinski definition) is 3. The van der Waals surface area contributed by atoms with E-state index in [1.54, 1.807) is 12.1 Å². The lowest BCUT2D eigenvalue weighted by atomic mass is 10.0. The highest BCUT2D eigenvalue weighted by atomic mass is 19.1. The summed E-state index contributed by atoms with van der Waals surface area (Å²) < 4.78 is 13.0. The molecule has 0 amide bonds. The second kappa shape index (κ2) is 4.46. The smallest absolute Gasteiger partial charge is 0.126 e. The number of benzene rings is 1. The van der Waals surface area contributed by atoms with Gasteiger partial charge in [-0.15, -0.1) is 0 Å². The molecular formula is C14H14FN3. The predicted octanol–water partition coefficient (Wildman–Crippen LogP) is 2.24. The van der Waals surface area contributed by atoms with Gasteiger partial charge in [0.25, 0.3) is 0 Å². The first-order valence-corrected chi connectivity index (χ1v) is 6.07. The lowest BCUT2D eigenvalue weighted by Gasteiger charge is -2.19.